The quantitative estimate of drug-likeness (QED) is 0.352. The van der Waals surface area contributed by atoms with Gasteiger partial charge in [0.1, 0.15) is 6.54 Å². The highest BCUT2D eigenvalue weighted by Gasteiger charge is 2.15. The lowest BCUT2D eigenvalue weighted by Gasteiger charge is -2.12. The van der Waals surface area contributed by atoms with E-state index in [2.05, 4.69) is 31.6 Å². The maximum absolute atomic E-state index is 11.9. The fourth-order valence-corrected chi connectivity index (χ4v) is 2.76. The molecule has 122 valence electrons. The minimum atomic E-state index is -0.174. The Morgan fingerprint density at radius 1 is 1.41 bits per heavy atom. The number of nitrogens with zero attached hydrogens (tertiary/aromatic N) is 1. The van der Waals surface area contributed by atoms with Crippen molar-refractivity contribution in [3.63, 3.8) is 0 Å². The van der Waals surface area contributed by atoms with Gasteiger partial charge in [-0.1, -0.05) is 34.8 Å². The van der Waals surface area contributed by atoms with E-state index in [0.717, 1.165) is 28.6 Å². The van der Waals surface area contributed by atoms with Gasteiger partial charge in [-0.3, -0.25) is 4.79 Å². The Hall–Kier alpha value is -0.830. The Balaban J connectivity index is 0.00000242. The number of hydrogen-bond acceptors (Lipinski definition) is 2. The summed E-state index contributed by atoms with van der Waals surface area (Å²) in [6, 6.07) is 6.16. The zero-order valence-corrected chi connectivity index (χ0v) is 16.5. The molecule has 0 aliphatic heterocycles. The molecule has 0 unspecified atom stereocenters. The van der Waals surface area contributed by atoms with Crippen LogP contribution in [0.3, 0.4) is 0 Å². The molecule has 0 aromatic heterocycles. The molecule has 1 amide bonds. The average Bonchev–Trinajstić information content (AvgIpc) is 2.93. The second-order valence-electron chi connectivity index (χ2n) is 5.33. The number of rotatable bonds is 4. The highest BCUT2D eigenvalue weighted by molar-refractivity contribution is 14.0. The Morgan fingerprint density at radius 3 is 2.77 bits per heavy atom. The molecular formula is C15H22BrIN4O. The number of halogens is 2. The van der Waals surface area contributed by atoms with Gasteiger partial charge in [-0.05, 0) is 37.5 Å². The third-order valence-corrected chi connectivity index (χ3v) is 4.07. The number of nitrogens with two attached hydrogens (primary N) is 1. The minimum absolute atomic E-state index is 0. The predicted molar refractivity (Wildman–Crippen MR) is 105 cm³/mol. The van der Waals surface area contributed by atoms with E-state index in [0.29, 0.717) is 12.0 Å². The first kappa shape index (κ1) is 19.2. The number of carbonyl (C=O) groups excluding carboxylic acids is 1. The minimum Gasteiger partial charge on any atom is -0.370 e. The number of benzene rings is 1. The predicted octanol–water partition coefficient (Wildman–Crippen LogP) is 3.16. The molecular weight excluding hydrogens is 459 g/mol. The van der Waals surface area contributed by atoms with Gasteiger partial charge in [-0.15, -0.1) is 24.0 Å². The summed E-state index contributed by atoms with van der Waals surface area (Å²) in [5.41, 5.74) is 7.59. The van der Waals surface area contributed by atoms with Gasteiger partial charge in [0.25, 0.3) is 0 Å². The van der Waals surface area contributed by atoms with E-state index in [-0.39, 0.29) is 36.4 Å². The average molecular weight is 481 g/mol. The van der Waals surface area contributed by atoms with Crippen LogP contribution in [0.25, 0.3) is 0 Å². The Bertz CT molecular complexity index is 544. The number of anilines is 1. The molecule has 1 fully saturated rings. The van der Waals surface area contributed by atoms with Gasteiger partial charge in [0, 0.05) is 16.2 Å². The summed E-state index contributed by atoms with van der Waals surface area (Å²) >= 11 is 3.39. The van der Waals surface area contributed by atoms with Gasteiger partial charge in [0.15, 0.2) is 5.96 Å². The van der Waals surface area contributed by atoms with Crippen molar-refractivity contribution < 1.29 is 4.79 Å². The summed E-state index contributed by atoms with van der Waals surface area (Å²) in [4.78, 5) is 16.0. The van der Waals surface area contributed by atoms with Gasteiger partial charge in [0.05, 0.1) is 0 Å². The van der Waals surface area contributed by atoms with Crippen molar-refractivity contribution in [3.8, 4) is 0 Å². The SMILES string of the molecule is Cc1ccc(Br)cc1NC(=O)CN=C(N)NC1CCCC1.I. The third kappa shape index (κ3) is 6.12. The molecule has 0 saturated heterocycles. The summed E-state index contributed by atoms with van der Waals surface area (Å²) in [6.07, 6.45) is 4.71. The van der Waals surface area contributed by atoms with Crippen LogP contribution < -0.4 is 16.4 Å². The molecule has 1 aliphatic rings. The molecule has 0 heterocycles. The monoisotopic (exact) mass is 480 g/mol. The highest BCUT2D eigenvalue weighted by Crippen LogP contribution is 2.20. The molecule has 1 aromatic carbocycles. The van der Waals surface area contributed by atoms with E-state index >= 15 is 0 Å². The number of aliphatic imine (C=N–C) groups is 1. The van der Waals surface area contributed by atoms with E-state index in [4.69, 9.17) is 5.73 Å². The smallest absolute Gasteiger partial charge is 0.246 e. The first-order valence-corrected chi connectivity index (χ1v) is 7.96. The molecule has 7 heteroatoms. The van der Waals surface area contributed by atoms with Gasteiger partial charge in [-0.2, -0.15) is 0 Å². The molecule has 1 saturated carbocycles. The van der Waals surface area contributed by atoms with Crippen molar-refractivity contribution in [2.24, 2.45) is 10.7 Å². The molecule has 5 nitrogen and oxygen atoms in total. The van der Waals surface area contributed by atoms with Crippen LogP contribution >= 0.6 is 39.9 Å². The lowest BCUT2D eigenvalue weighted by molar-refractivity contribution is -0.114. The van der Waals surface area contributed by atoms with Crippen molar-refractivity contribution in [1.82, 2.24) is 5.32 Å². The van der Waals surface area contributed by atoms with Crippen LogP contribution in [0.4, 0.5) is 5.69 Å². The first-order chi connectivity index (χ1) is 10.0. The molecule has 1 aromatic rings. The number of nitrogens with one attached hydrogen (secondary N) is 2. The summed E-state index contributed by atoms with van der Waals surface area (Å²) in [6.45, 7) is 1.97. The van der Waals surface area contributed by atoms with Crippen LogP contribution in [-0.2, 0) is 4.79 Å². The van der Waals surface area contributed by atoms with Crippen molar-refractivity contribution in [3.05, 3.63) is 28.2 Å². The van der Waals surface area contributed by atoms with Crippen LogP contribution in [0.5, 0.6) is 0 Å². The lowest BCUT2D eigenvalue weighted by Crippen LogP contribution is -2.39. The van der Waals surface area contributed by atoms with Crippen LogP contribution in [0.15, 0.2) is 27.7 Å². The van der Waals surface area contributed by atoms with Crippen LogP contribution in [0, 0.1) is 6.92 Å². The van der Waals surface area contributed by atoms with Crippen LogP contribution in [0.1, 0.15) is 31.2 Å². The van der Waals surface area contributed by atoms with E-state index in [9.17, 15) is 4.79 Å². The summed E-state index contributed by atoms with van der Waals surface area (Å²) in [5.74, 6) is 0.176. The number of hydrogen-bond donors (Lipinski definition) is 3. The summed E-state index contributed by atoms with van der Waals surface area (Å²) < 4.78 is 0.925. The second kappa shape index (κ2) is 9.34. The van der Waals surface area contributed by atoms with Gasteiger partial charge in [-0.25, -0.2) is 4.99 Å². The normalized spacial score (nSPS) is 15.3. The molecule has 1 aliphatic carbocycles. The number of amides is 1. The lowest BCUT2D eigenvalue weighted by atomic mass is 10.2. The number of carbonyl (C=O) groups is 1. The summed E-state index contributed by atoms with van der Waals surface area (Å²) in [7, 11) is 0. The molecule has 0 bridgehead atoms. The largest absolute Gasteiger partial charge is 0.370 e. The van der Waals surface area contributed by atoms with Gasteiger partial charge in [0.2, 0.25) is 5.91 Å². The van der Waals surface area contributed by atoms with Crippen molar-refractivity contribution in [1.29, 1.82) is 0 Å². The second-order valence-corrected chi connectivity index (χ2v) is 6.25. The number of guanidine groups is 1. The number of aryl methyl sites for hydroxylation is 1. The van der Waals surface area contributed by atoms with E-state index < -0.39 is 0 Å². The van der Waals surface area contributed by atoms with E-state index in [1.807, 2.05) is 25.1 Å². The molecule has 0 spiro atoms. The zero-order chi connectivity index (χ0) is 15.2. The molecule has 0 atom stereocenters. The van der Waals surface area contributed by atoms with Gasteiger partial charge < -0.3 is 16.4 Å². The highest BCUT2D eigenvalue weighted by atomic mass is 127. The van der Waals surface area contributed by atoms with Crippen LogP contribution in [-0.4, -0.2) is 24.5 Å². The fraction of sp³-hybridized carbons (Fsp3) is 0.467. The molecule has 2 rings (SSSR count). The Kier molecular flexibility index (Phi) is 8.16. The Morgan fingerprint density at radius 2 is 2.09 bits per heavy atom. The molecule has 4 N–H and O–H groups in total. The standard InChI is InChI=1S/C15H21BrN4O.HI/c1-10-6-7-11(16)8-13(10)20-14(21)9-18-15(17)19-12-4-2-3-5-12;/h6-8,12H,2-5,9H2,1H3,(H,20,21)(H3,17,18,19);1H. The maximum Gasteiger partial charge on any atom is 0.246 e. The zero-order valence-electron chi connectivity index (χ0n) is 12.6. The fourth-order valence-electron chi connectivity index (χ4n) is 2.40. The molecule has 22 heavy (non-hydrogen) atoms. The topological polar surface area (TPSA) is 79.5 Å². The maximum atomic E-state index is 11.9. The first-order valence-electron chi connectivity index (χ1n) is 7.17. The van der Waals surface area contributed by atoms with Crippen molar-refractivity contribution >= 4 is 57.5 Å². The van der Waals surface area contributed by atoms with E-state index in [1.54, 1.807) is 0 Å². The molecule has 0 radical (unpaired) electrons. The summed E-state index contributed by atoms with van der Waals surface area (Å²) in [5, 5.41) is 6.00. The van der Waals surface area contributed by atoms with E-state index in [1.165, 1.54) is 12.8 Å². The third-order valence-electron chi connectivity index (χ3n) is 3.57. The Labute approximate surface area is 156 Å². The van der Waals surface area contributed by atoms with Crippen molar-refractivity contribution in [2.75, 3.05) is 11.9 Å². The van der Waals surface area contributed by atoms with Gasteiger partial charge >= 0.3 is 0 Å². The van der Waals surface area contributed by atoms with Crippen LogP contribution in [0.2, 0.25) is 0 Å². The van der Waals surface area contributed by atoms with Crippen molar-refractivity contribution in [2.45, 2.75) is 38.6 Å².